The van der Waals surface area contributed by atoms with Gasteiger partial charge in [0, 0.05) is 28.7 Å². The number of anilines is 1. The van der Waals surface area contributed by atoms with Crippen LogP contribution in [0.25, 0.3) is 11.3 Å². The van der Waals surface area contributed by atoms with Crippen molar-refractivity contribution in [2.24, 2.45) is 0 Å². The summed E-state index contributed by atoms with van der Waals surface area (Å²) in [6.45, 7) is 3.59. The molecule has 39 heavy (non-hydrogen) atoms. The molecule has 0 aliphatic carbocycles. The molecule has 2 heterocycles. The molecule has 4 rings (SSSR count). The van der Waals surface area contributed by atoms with Gasteiger partial charge in [-0.05, 0) is 31.5 Å². The quantitative estimate of drug-likeness (QED) is 0.239. The number of rotatable bonds is 8. The lowest BCUT2D eigenvalue weighted by Gasteiger charge is -2.47. The van der Waals surface area contributed by atoms with Crippen LogP contribution >= 0.6 is 11.3 Å². The van der Waals surface area contributed by atoms with Gasteiger partial charge in [0.25, 0.3) is 0 Å². The van der Waals surface area contributed by atoms with Crippen molar-refractivity contribution in [3.05, 3.63) is 80.9 Å². The summed E-state index contributed by atoms with van der Waals surface area (Å²) in [6.07, 6.45) is 0. The number of hydrogen-bond acceptors (Lipinski definition) is 11. The maximum absolute atomic E-state index is 13.7. The first-order valence-electron chi connectivity index (χ1n) is 11.9. The number of carbonyl (C=O) groups is 2. The van der Waals surface area contributed by atoms with Crippen LogP contribution in [0.4, 0.5) is 10.8 Å². The number of benzene rings is 2. The van der Waals surface area contributed by atoms with Gasteiger partial charge in [-0.25, -0.2) is 9.78 Å². The fourth-order valence-electron chi connectivity index (χ4n) is 5.08. The molecule has 3 aromatic rings. The summed E-state index contributed by atoms with van der Waals surface area (Å²) >= 11 is 1.23. The topological polar surface area (TPSA) is 142 Å². The Bertz CT molecular complexity index is 1440. The van der Waals surface area contributed by atoms with Crippen molar-refractivity contribution >= 4 is 34.1 Å². The molecule has 0 saturated carbocycles. The first-order chi connectivity index (χ1) is 18.7. The largest absolute Gasteiger partial charge is 0.490 e. The minimum absolute atomic E-state index is 0.134. The molecule has 3 unspecified atom stereocenters. The number of nitrogens with one attached hydrogen (secondary N) is 2. The normalized spacial score (nSPS) is 20.5. The number of ether oxygens (including phenoxy) is 3. The molecule has 1 aromatic heterocycles. The van der Waals surface area contributed by atoms with Gasteiger partial charge in [0.2, 0.25) is 0 Å². The summed E-state index contributed by atoms with van der Waals surface area (Å²) in [7, 11) is 3.94. The van der Waals surface area contributed by atoms with Crippen LogP contribution in [0, 0.1) is 10.1 Å². The van der Waals surface area contributed by atoms with E-state index in [1.165, 1.54) is 44.8 Å². The van der Waals surface area contributed by atoms with Crippen LogP contribution < -0.4 is 15.4 Å². The molecule has 3 atom stereocenters. The average Bonchev–Trinajstić information content (AvgIpc) is 3.41. The SMILES string of the molecule is COC(=O)C1=C(C)NC(C)C(C(=O)OC)(c2ccccc2)C1Nc1nc(-c2ccc(OC)c([N+](=O)[O-])c2)cs1. The van der Waals surface area contributed by atoms with Crippen LogP contribution in [0.15, 0.2) is 65.2 Å². The highest BCUT2D eigenvalue weighted by Crippen LogP contribution is 2.43. The number of hydrogen-bond donors (Lipinski definition) is 2. The number of nitro benzene ring substituents is 1. The molecule has 0 spiro atoms. The van der Waals surface area contributed by atoms with E-state index in [2.05, 4.69) is 15.6 Å². The van der Waals surface area contributed by atoms with E-state index in [0.717, 1.165) is 0 Å². The Morgan fingerprint density at radius 3 is 2.46 bits per heavy atom. The predicted molar refractivity (Wildman–Crippen MR) is 146 cm³/mol. The molecule has 2 N–H and O–H groups in total. The number of allylic oxidation sites excluding steroid dienone is 1. The third-order valence-electron chi connectivity index (χ3n) is 6.89. The third kappa shape index (κ3) is 4.78. The lowest BCUT2D eigenvalue weighted by molar-refractivity contribution is -0.385. The summed E-state index contributed by atoms with van der Waals surface area (Å²) in [5.74, 6) is -1.03. The van der Waals surface area contributed by atoms with Crippen molar-refractivity contribution in [1.82, 2.24) is 10.3 Å². The summed E-state index contributed by atoms with van der Waals surface area (Å²) < 4.78 is 15.5. The smallest absolute Gasteiger partial charge is 0.337 e. The molecule has 204 valence electrons. The zero-order valence-electron chi connectivity index (χ0n) is 22.0. The van der Waals surface area contributed by atoms with E-state index in [0.29, 0.717) is 27.6 Å². The van der Waals surface area contributed by atoms with E-state index in [1.54, 1.807) is 18.4 Å². The third-order valence-corrected chi connectivity index (χ3v) is 7.66. The maximum atomic E-state index is 13.7. The van der Waals surface area contributed by atoms with Gasteiger partial charge >= 0.3 is 17.6 Å². The van der Waals surface area contributed by atoms with E-state index in [1.807, 2.05) is 37.3 Å². The number of aromatic nitrogens is 1. The first kappa shape index (κ1) is 27.6. The molecule has 0 bridgehead atoms. The minimum Gasteiger partial charge on any atom is -0.490 e. The van der Waals surface area contributed by atoms with Crippen molar-refractivity contribution in [2.75, 3.05) is 26.6 Å². The van der Waals surface area contributed by atoms with Crippen molar-refractivity contribution < 1.29 is 28.7 Å². The van der Waals surface area contributed by atoms with Gasteiger partial charge < -0.3 is 24.8 Å². The minimum atomic E-state index is -1.39. The summed E-state index contributed by atoms with van der Waals surface area (Å²) in [5, 5.41) is 20.2. The standard InChI is InChI=1S/C27H28N4O7S/c1-15-22(24(32)37-4)23(27(16(2)28-15,25(33)38-5)18-9-7-6-8-10-18)30-26-29-19(14-39-26)17-11-12-21(36-3)20(13-17)31(34)35/h6-14,16,23,28H,1-5H3,(H,29,30). The van der Waals surface area contributed by atoms with Crippen LogP contribution in [-0.4, -0.2) is 55.3 Å². The second-order valence-electron chi connectivity index (χ2n) is 8.88. The van der Waals surface area contributed by atoms with E-state index in [9.17, 15) is 19.7 Å². The molecular formula is C27H28N4O7S. The van der Waals surface area contributed by atoms with E-state index in [4.69, 9.17) is 14.2 Å². The van der Waals surface area contributed by atoms with E-state index < -0.39 is 34.4 Å². The lowest BCUT2D eigenvalue weighted by Crippen LogP contribution is -2.65. The fraction of sp³-hybridized carbons (Fsp3) is 0.296. The zero-order valence-corrected chi connectivity index (χ0v) is 22.8. The Morgan fingerprint density at radius 1 is 1.13 bits per heavy atom. The second kappa shape index (κ2) is 11.1. The molecule has 11 nitrogen and oxygen atoms in total. The Hall–Kier alpha value is -4.45. The number of thiazole rings is 1. The number of carbonyl (C=O) groups excluding carboxylic acids is 2. The van der Waals surface area contributed by atoms with Crippen molar-refractivity contribution in [1.29, 1.82) is 0 Å². The van der Waals surface area contributed by atoms with E-state index >= 15 is 0 Å². The van der Waals surface area contributed by atoms with Gasteiger partial charge in [0.15, 0.2) is 10.9 Å². The molecule has 0 saturated heterocycles. The van der Waals surface area contributed by atoms with Gasteiger partial charge in [0.05, 0.1) is 43.6 Å². The molecule has 0 amide bonds. The summed E-state index contributed by atoms with van der Waals surface area (Å²) in [5.41, 5.74) is 0.804. The van der Waals surface area contributed by atoms with Crippen molar-refractivity contribution in [2.45, 2.75) is 31.3 Å². The van der Waals surface area contributed by atoms with Gasteiger partial charge in [-0.15, -0.1) is 11.3 Å². The molecule has 0 radical (unpaired) electrons. The van der Waals surface area contributed by atoms with Gasteiger partial charge in [-0.1, -0.05) is 30.3 Å². The predicted octanol–water partition coefficient (Wildman–Crippen LogP) is 4.06. The number of nitrogens with zero attached hydrogens (tertiary/aromatic N) is 2. The van der Waals surface area contributed by atoms with Crippen molar-refractivity contribution in [3.63, 3.8) is 0 Å². The summed E-state index contributed by atoms with van der Waals surface area (Å²) in [4.78, 5) is 42.4. The van der Waals surface area contributed by atoms with Crippen LogP contribution in [0.1, 0.15) is 19.4 Å². The highest BCUT2D eigenvalue weighted by molar-refractivity contribution is 7.14. The Labute approximate surface area is 229 Å². The Balaban J connectivity index is 1.85. The highest BCUT2D eigenvalue weighted by atomic mass is 32.1. The molecule has 2 aromatic carbocycles. The lowest BCUT2D eigenvalue weighted by atomic mass is 9.64. The Morgan fingerprint density at radius 2 is 1.85 bits per heavy atom. The van der Waals surface area contributed by atoms with Crippen LogP contribution in [0.3, 0.4) is 0 Å². The molecular weight excluding hydrogens is 524 g/mol. The summed E-state index contributed by atoms with van der Waals surface area (Å²) in [6, 6.07) is 12.2. The number of nitro groups is 1. The molecule has 12 heteroatoms. The van der Waals surface area contributed by atoms with Gasteiger partial charge in [0.1, 0.15) is 5.41 Å². The van der Waals surface area contributed by atoms with Crippen LogP contribution in [0.2, 0.25) is 0 Å². The molecule has 1 aliphatic rings. The zero-order chi connectivity index (χ0) is 28.3. The molecule has 1 aliphatic heterocycles. The molecule has 0 fully saturated rings. The average molecular weight is 553 g/mol. The van der Waals surface area contributed by atoms with Gasteiger partial charge in [-0.2, -0.15) is 0 Å². The second-order valence-corrected chi connectivity index (χ2v) is 9.74. The maximum Gasteiger partial charge on any atom is 0.337 e. The number of methoxy groups -OCH3 is 3. The van der Waals surface area contributed by atoms with Crippen LogP contribution in [0.5, 0.6) is 5.75 Å². The fourth-order valence-corrected chi connectivity index (χ4v) is 5.83. The van der Waals surface area contributed by atoms with Crippen LogP contribution in [-0.2, 0) is 24.5 Å². The van der Waals surface area contributed by atoms with Crippen molar-refractivity contribution in [3.8, 4) is 17.0 Å². The highest BCUT2D eigenvalue weighted by Gasteiger charge is 2.58. The van der Waals surface area contributed by atoms with E-state index in [-0.39, 0.29) is 17.0 Å². The number of esters is 2. The van der Waals surface area contributed by atoms with Gasteiger partial charge in [-0.3, -0.25) is 14.9 Å². The first-order valence-corrected chi connectivity index (χ1v) is 12.8. The Kier molecular flexibility index (Phi) is 7.86. The monoisotopic (exact) mass is 552 g/mol.